The minimum absolute atomic E-state index is 0.976. The second kappa shape index (κ2) is 3.75. The van der Waals surface area contributed by atoms with Crippen LogP contribution in [-0.4, -0.2) is 7.11 Å². The van der Waals surface area contributed by atoms with Crippen molar-refractivity contribution in [2.75, 3.05) is 7.11 Å². The van der Waals surface area contributed by atoms with Gasteiger partial charge in [-0.2, -0.15) is 0 Å². The van der Waals surface area contributed by atoms with Gasteiger partial charge in [0.1, 0.15) is 5.75 Å². The van der Waals surface area contributed by atoms with Gasteiger partial charge in [-0.05, 0) is 57.3 Å². The first-order valence-corrected chi connectivity index (χ1v) is 4.89. The van der Waals surface area contributed by atoms with Crippen molar-refractivity contribution in [2.24, 2.45) is 0 Å². The molecule has 0 aromatic heterocycles. The first kappa shape index (κ1) is 8.58. The number of benzene rings is 1. The second-order valence-corrected chi connectivity index (χ2v) is 4.08. The van der Waals surface area contributed by atoms with Gasteiger partial charge in [0.15, 0.2) is 0 Å². The molecular formula is C7H6I2O. The number of rotatable bonds is 1. The van der Waals surface area contributed by atoms with E-state index < -0.39 is 0 Å². The lowest BCUT2D eigenvalue weighted by molar-refractivity contribution is 0.409. The Balaban J connectivity index is 3.17. The summed E-state index contributed by atoms with van der Waals surface area (Å²) < 4.78 is 7.48. The van der Waals surface area contributed by atoms with Gasteiger partial charge >= 0.3 is 0 Å². The highest BCUT2D eigenvalue weighted by Crippen LogP contribution is 2.25. The van der Waals surface area contributed by atoms with Crippen molar-refractivity contribution in [1.29, 1.82) is 0 Å². The van der Waals surface area contributed by atoms with Gasteiger partial charge in [-0.3, -0.25) is 0 Å². The van der Waals surface area contributed by atoms with Crippen LogP contribution in [0.2, 0.25) is 0 Å². The lowest BCUT2D eigenvalue weighted by Gasteiger charge is -2.03. The van der Waals surface area contributed by atoms with E-state index in [0.29, 0.717) is 0 Å². The van der Waals surface area contributed by atoms with Gasteiger partial charge in [-0.1, -0.05) is 6.07 Å². The zero-order chi connectivity index (χ0) is 7.56. The van der Waals surface area contributed by atoms with Crippen LogP contribution in [0.15, 0.2) is 18.2 Å². The molecule has 0 N–H and O–H groups in total. The molecule has 0 aliphatic rings. The molecule has 1 aromatic rings. The third-order valence-corrected chi connectivity index (χ3v) is 2.82. The minimum Gasteiger partial charge on any atom is -0.495 e. The van der Waals surface area contributed by atoms with E-state index in [1.165, 1.54) is 0 Å². The monoisotopic (exact) mass is 360 g/mol. The lowest BCUT2D eigenvalue weighted by atomic mass is 10.3. The van der Waals surface area contributed by atoms with Crippen LogP contribution in [-0.2, 0) is 0 Å². The zero-order valence-electron chi connectivity index (χ0n) is 5.40. The average Bonchev–Trinajstić information content (AvgIpc) is 1.88. The molecule has 0 fully saturated rings. The molecular weight excluding hydrogens is 354 g/mol. The Bertz CT molecular complexity index is 215. The van der Waals surface area contributed by atoms with E-state index in [-0.39, 0.29) is 0 Å². The van der Waals surface area contributed by atoms with E-state index in [1.807, 2.05) is 18.2 Å². The van der Waals surface area contributed by atoms with E-state index in [9.17, 15) is 0 Å². The molecule has 0 heterocycles. The highest BCUT2D eigenvalue weighted by Gasteiger charge is 2.01. The number of methoxy groups -OCH3 is 1. The summed E-state index contributed by atoms with van der Waals surface area (Å²) in [4.78, 5) is 0. The van der Waals surface area contributed by atoms with Crippen LogP contribution in [0.4, 0.5) is 0 Å². The van der Waals surface area contributed by atoms with Gasteiger partial charge in [0.05, 0.1) is 14.3 Å². The number of hydrogen-bond acceptors (Lipinski definition) is 1. The maximum Gasteiger partial charge on any atom is 0.145 e. The molecule has 0 spiro atoms. The summed E-state index contributed by atoms with van der Waals surface area (Å²) in [6, 6.07) is 6.08. The van der Waals surface area contributed by atoms with Crippen LogP contribution in [0, 0.1) is 7.14 Å². The number of hydrogen-bond donors (Lipinski definition) is 0. The highest BCUT2D eigenvalue weighted by molar-refractivity contribution is 14.1. The molecule has 0 bridgehead atoms. The molecule has 0 saturated heterocycles. The first-order chi connectivity index (χ1) is 4.75. The van der Waals surface area contributed by atoms with Crippen molar-refractivity contribution < 1.29 is 4.74 Å². The predicted octanol–water partition coefficient (Wildman–Crippen LogP) is 2.90. The Kier molecular flexibility index (Phi) is 3.22. The van der Waals surface area contributed by atoms with Gasteiger partial charge < -0.3 is 4.74 Å². The molecule has 10 heavy (non-hydrogen) atoms. The van der Waals surface area contributed by atoms with Crippen molar-refractivity contribution in [1.82, 2.24) is 0 Å². The van der Waals surface area contributed by atoms with Gasteiger partial charge in [-0.15, -0.1) is 0 Å². The Morgan fingerprint density at radius 2 is 1.70 bits per heavy atom. The van der Waals surface area contributed by atoms with E-state index >= 15 is 0 Å². The molecule has 0 atom stereocenters. The average molecular weight is 360 g/mol. The summed E-state index contributed by atoms with van der Waals surface area (Å²) in [5, 5.41) is 0. The third-order valence-electron chi connectivity index (χ3n) is 1.12. The lowest BCUT2D eigenvalue weighted by Crippen LogP contribution is -1.88. The van der Waals surface area contributed by atoms with Crippen LogP contribution in [0.5, 0.6) is 5.75 Å². The van der Waals surface area contributed by atoms with Crippen molar-refractivity contribution in [2.45, 2.75) is 0 Å². The summed E-state index contributed by atoms with van der Waals surface area (Å²) in [6.45, 7) is 0. The van der Waals surface area contributed by atoms with Crippen LogP contribution in [0.3, 0.4) is 0 Å². The Morgan fingerprint density at radius 3 is 2.00 bits per heavy atom. The quantitative estimate of drug-likeness (QED) is 0.700. The van der Waals surface area contributed by atoms with Gasteiger partial charge in [-0.25, -0.2) is 0 Å². The maximum atomic E-state index is 5.16. The minimum atomic E-state index is 0.976. The summed E-state index contributed by atoms with van der Waals surface area (Å²) >= 11 is 4.51. The van der Waals surface area contributed by atoms with E-state index in [2.05, 4.69) is 45.2 Å². The van der Waals surface area contributed by atoms with E-state index in [0.717, 1.165) is 12.9 Å². The first-order valence-electron chi connectivity index (χ1n) is 2.73. The molecule has 3 heteroatoms. The fraction of sp³-hybridized carbons (Fsp3) is 0.143. The standard InChI is InChI=1S/C7H6I2O/c1-10-7-5(8)3-2-4-6(7)9/h2-4H,1H3. The van der Waals surface area contributed by atoms with Crippen molar-refractivity contribution in [3.8, 4) is 5.75 Å². The molecule has 0 saturated carbocycles. The van der Waals surface area contributed by atoms with Crippen LogP contribution in [0.25, 0.3) is 0 Å². The molecule has 0 radical (unpaired) electrons. The number of para-hydroxylation sites is 1. The van der Waals surface area contributed by atoms with Gasteiger partial charge in [0.2, 0.25) is 0 Å². The number of ether oxygens (including phenoxy) is 1. The zero-order valence-corrected chi connectivity index (χ0v) is 9.71. The largest absolute Gasteiger partial charge is 0.495 e. The molecule has 0 aliphatic heterocycles. The highest BCUT2D eigenvalue weighted by atomic mass is 127. The molecule has 1 rings (SSSR count). The Morgan fingerprint density at radius 1 is 1.20 bits per heavy atom. The van der Waals surface area contributed by atoms with Crippen LogP contribution >= 0.6 is 45.2 Å². The third kappa shape index (κ3) is 1.75. The van der Waals surface area contributed by atoms with Crippen LogP contribution in [0.1, 0.15) is 0 Å². The summed E-state index contributed by atoms with van der Waals surface area (Å²) in [5.74, 6) is 0.976. The van der Waals surface area contributed by atoms with E-state index in [1.54, 1.807) is 7.11 Å². The molecule has 0 aliphatic carbocycles. The molecule has 1 nitrogen and oxygen atoms in total. The van der Waals surface area contributed by atoms with Gasteiger partial charge in [0, 0.05) is 0 Å². The molecule has 54 valence electrons. The maximum absolute atomic E-state index is 5.16. The fourth-order valence-electron chi connectivity index (χ4n) is 0.678. The topological polar surface area (TPSA) is 9.23 Å². The summed E-state index contributed by atoms with van der Waals surface area (Å²) in [7, 11) is 1.69. The van der Waals surface area contributed by atoms with Gasteiger partial charge in [0.25, 0.3) is 0 Å². The second-order valence-electron chi connectivity index (χ2n) is 1.75. The Labute approximate surface area is 87.4 Å². The Hall–Kier alpha value is 0.480. The summed E-state index contributed by atoms with van der Waals surface area (Å²) in [5.41, 5.74) is 0. The van der Waals surface area contributed by atoms with Crippen molar-refractivity contribution >= 4 is 45.2 Å². The van der Waals surface area contributed by atoms with Crippen molar-refractivity contribution in [3.63, 3.8) is 0 Å². The summed E-state index contributed by atoms with van der Waals surface area (Å²) in [6.07, 6.45) is 0. The normalized spacial score (nSPS) is 9.50. The fourth-order valence-corrected chi connectivity index (χ4v) is 2.63. The van der Waals surface area contributed by atoms with E-state index in [4.69, 9.17) is 4.74 Å². The molecule has 0 unspecified atom stereocenters. The SMILES string of the molecule is COc1c(I)cccc1I. The van der Waals surface area contributed by atoms with Crippen LogP contribution < -0.4 is 4.74 Å². The molecule has 0 amide bonds. The van der Waals surface area contributed by atoms with Crippen molar-refractivity contribution in [3.05, 3.63) is 25.3 Å². The number of halogens is 2. The smallest absolute Gasteiger partial charge is 0.145 e. The molecule has 1 aromatic carbocycles. The predicted molar refractivity (Wildman–Crippen MR) is 58.4 cm³/mol.